The molecule has 0 radical (unpaired) electrons. The van der Waals surface area contributed by atoms with Crippen molar-refractivity contribution in [2.75, 3.05) is 0 Å². The maximum atomic E-state index is 5.48. The largest absolute Gasteiger partial charge is 0.384 e. The van der Waals surface area contributed by atoms with E-state index in [0.717, 1.165) is 0 Å². The predicted octanol–water partition coefficient (Wildman–Crippen LogP) is 4.72. The lowest BCUT2D eigenvalue weighted by molar-refractivity contribution is 0.630. The Hall–Kier alpha value is 0.350. The summed E-state index contributed by atoms with van der Waals surface area (Å²) < 4.78 is 1.11. The van der Waals surface area contributed by atoms with Gasteiger partial charge in [0.05, 0.1) is 0 Å². The van der Waals surface area contributed by atoms with Gasteiger partial charge in [0, 0.05) is 5.71 Å². The Labute approximate surface area is 134 Å². The summed E-state index contributed by atoms with van der Waals surface area (Å²) in [5, 5.41) is 0. The van der Waals surface area contributed by atoms with Crippen molar-refractivity contribution in [3.8, 4) is 0 Å². The van der Waals surface area contributed by atoms with Gasteiger partial charge < -0.3 is 5.73 Å². The minimum absolute atomic E-state index is 0.422. The summed E-state index contributed by atoms with van der Waals surface area (Å²) in [6.07, 6.45) is 10.6. The average molecular weight is 333 g/mol. The molecule has 0 aromatic heterocycles. The Kier molecular flexibility index (Phi) is 6.59. The van der Waals surface area contributed by atoms with Crippen molar-refractivity contribution in [1.82, 2.24) is 0 Å². The highest BCUT2D eigenvalue weighted by Gasteiger charge is 2.29. The van der Waals surface area contributed by atoms with Gasteiger partial charge in [-0.05, 0) is 71.3 Å². The van der Waals surface area contributed by atoms with Crippen LogP contribution in [0.25, 0.3) is 0 Å². The standard InChI is InChI=1S/C13H20N2S4/c14-12(16)18-19-13(17)15-11(9-5-1-2-6-9)10-7-3-4-8-10/h9-10H,1-8H2,(H2,14,16). The van der Waals surface area contributed by atoms with Gasteiger partial charge in [0.1, 0.15) is 4.32 Å². The summed E-state index contributed by atoms with van der Waals surface area (Å²) in [6.45, 7) is 0. The van der Waals surface area contributed by atoms with E-state index in [1.165, 1.54) is 78.7 Å². The maximum absolute atomic E-state index is 5.48. The van der Waals surface area contributed by atoms with E-state index in [-0.39, 0.29) is 0 Å². The summed E-state index contributed by atoms with van der Waals surface area (Å²) in [6, 6.07) is 0. The molecule has 0 aliphatic heterocycles. The number of thiocarbonyl (C=S) groups is 2. The Bertz CT molecular complexity index is 351. The highest BCUT2D eigenvalue weighted by molar-refractivity contribution is 8.89. The minimum Gasteiger partial charge on any atom is -0.384 e. The molecule has 0 heterocycles. The van der Waals surface area contributed by atoms with Crippen LogP contribution in [0.5, 0.6) is 0 Å². The fourth-order valence-electron chi connectivity index (χ4n) is 3.16. The van der Waals surface area contributed by atoms with Crippen molar-refractivity contribution in [3.63, 3.8) is 0 Å². The number of hydrogen-bond donors (Lipinski definition) is 1. The molecular weight excluding hydrogens is 312 g/mol. The maximum Gasteiger partial charge on any atom is 0.170 e. The number of hydrogen-bond acceptors (Lipinski definition) is 4. The smallest absolute Gasteiger partial charge is 0.170 e. The minimum atomic E-state index is 0.422. The molecule has 2 aliphatic rings. The number of aliphatic imine (C=N–C) groups is 1. The van der Waals surface area contributed by atoms with Crippen molar-refractivity contribution in [1.29, 1.82) is 0 Å². The van der Waals surface area contributed by atoms with Crippen molar-refractivity contribution in [3.05, 3.63) is 0 Å². The van der Waals surface area contributed by atoms with Gasteiger partial charge >= 0.3 is 0 Å². The first-order chi connectivity index (χ1) is 9.16. The van der Waals surface area contributed by atoms with E-state index in [0.29, 0.717) is 20.5 Å². The first kappa shape index (κ1) is 15.7. The lowest BCUT2D eigenvalue weighted by Gasteiger charge is -2.19. The molecule has 2 aliphatic carbocycles. The monoisotopic (exact) mass is 332 g/mol. The van der Waals surface area contributed by atoms with E-state index in [9.17, 15) is 0 Å². The molecule has 0 atom stereocenters. The van der Waals surface area contributed by atoms with Crippen LogP contribution in [0.1, 0.15) is 51.4 Å². The summed E-state index contributed by atoms with van der Waals surface area (Å²) >= 11 is 10.2. The second-order valence-electron chi connectivity index (χ2n) is 5.25. The van der Waals surface area contributed by atoms with E-state index < -0.39 is 0 Å². The van der Waals surface area contributed by atoms with Gasteiger partial charge in [-0.25, -0.2) is 4.99 Å². The Morgan fingerprint density at radius 1 is 0.895 bits per heavy atom. The van der Waals surface area contributed by atoms with Crippen LogP contribution in [-0.4, -0.2) is 14.4 Å². The third-order valence-electron chi connectivity index (χ3n) is 3.96. The predicted molar refractivity (Wildman–Crippen MR) is 95.9 cm³/mol. The summed E-state index contributed by atoms with van der Waals surface area (Å²) in [4.78, 5) is 4.79. The highest BCUT2D eigenvalue weighted by atomic mass is 33.1. The van der Waals surface area contributed by atoms with Gasteiger partial charge in [0.25, 0.3) is 0 Å². The van der Waals surface area contributed by atoms with Gasteiger partial charge in [-0.3, -0.25) is 0 Å². The zero-order valence-electron chi connectivity index (χ0n) is 11.0. The first-order valence-corrected chi connectivity index (χ1v) is 9.90. The quantitative estimate of drug-likeness (QED) is 0.450. The van der Waals surface area contributed by atoms with Gasteiger partial charge in [-0.2, -0.15) is 0 Å². The SMILES string of the molecule is NC(=S)SSC(=S)N=C(C1CCCC1)C1CCCC1. The highest BCUT2D eigenvalue weighted by Crippen LogP contribution is 2.36. The van der Waals surface area contributed by atoms with E-state index in [1.54, 1.807) is 0 Å². The molecule has 106 valence electrons. The van der Waals surface area contributed by atoms with Crippen LogP contribution < -0.4 is 5.73 Å². The van der Waals surface area contributed by atoms with Crippen molar-refractivity contribution < 1.29 is 0 Å². The van der Waals surface area contributed by atoms with Crippen LogP contribution in [0.4, 0.5) is 0 Å². The fourth-order valence-corrected chi connectivity index (χ4v) is 4.75. The molecule has 6 heteroatoms. The summed E-state index contributed by atoms with van der Waals surface area (Å²) in [7, 11) is 2.77. The van der Waals surface area contributed by atoms with Crippen molar-refractivity contribution >= 4 is 60.4 Å². The molecule has 19 heavy (non-hydrogen) atoms. The Balaban J connectivity index is 2.02. The van der Waals surface area contributed by atoms with Gasteiger partial charge in [-0.15, -0.1) is 0 Å². The van der Waals surface area contributed by atoms with Crippen molar-refractivity contribution in [2.45, 2.75) is 51.4 Å². The van der Waals surface area contributed by atoms with E-state index in [4.69, 9.17) is 35.2 Å². The van der Waals surface area contributed by atoms with Crippen molar-refractivity contribution in [2.24, 2.45) is 22.6 Å². The summed E-state index contributed by atoms with van der Waals surface area (Å²) in [5.41, 5.74) is 6.87. The molecule has 0 unspecified atom stereocenters. The molecular formula is C13H20N2S4. The molecule has 2 N–H and O–H groups in total. The second kappa shape index (κ2) is 7.96. The Morgan fingerprint density at radius 2 is 1.37 bits per heavy atom. The topological polar surface area (TPSA) is 38.4 Å². The van der Waals surface area contributed by atoms with E-state index in [2.05, 4.69) is 0 Å². The van der Waals surface area contributed by atoms with Crippen LogP contribution in [0, 0.1) is 11.8 Å². The van der Waals surface area contributed by atoms with Gasteiger partial charge in [-0.1, -0.05) is 37.9 Å². The molecule has 2 saturated carbocycles. The molecule has 0 aromatic rings. The zero-order chi connectivity index (χ0) is 13.7. The zero-order valence-corrected chi connectivity index (χ0v) is 14.2. The average Bonchev–Trinajstić information content (AvgIpc) is 3.05. The number of nitrogens with two attached hydrogens (primary N) is 1. The molecule has 0 spiro atoms. The number of nitrogens with zero attached hydrogens (tertiary/aromatic N) is 1. The van der Waals surface area contributed by atoms with Crippen LogP contribution in [0.15, 0.2) is 4.99 Å². The van der Waals surface area contributed by atoms with Crippen LogP contribution in [-0.2, 0) is 0 Å². The molecule has 2 fully saturated rings. The molecule has 2 rings (SSSR count). The Morgan fingerprint density at radius 3 is 1.79 bits per heavy atom. The number of rotatable bonds is 2. The third-order valence-corrected chi connectivity index (χ3v) is 6.93. The third kappa shape index (κ3) is 4.99. The van der Waals surface area contributed by atoms with Gasteiger partial charge in [0.15, 0.2) is 4.32 Å². The molecule has 0 saturated heterocycles. The molecule has 0 amide bonds. The lowest BCUT2D eigenvalue weighted by atomic mass is 9.89. The molecule has 2 nitrogen and oxygen atoms in total. The lowest BCUT2D eigenvalue weighted by Crippen LogP contribution is -2.21. The van der Waals surface area contributed by atoms with E-state index in [1.807, 2.05) is 0 Å². The van der Waals surface area contributed by atoms with E-state index >= 15 is 0 Å². The molecule has 0 aromatic carbocycles. The normalized spacial score (nSPS) is 20.6. The fraction of sp³-hybridized carbons (Fsp3) is 0.769. The van der Waals surface area contributed by atoms with Crippen LogP contribution in [0.3, 0.4) is 0 Å². The van der Waals surface area contributed by atoms with Crippen LogP contribution in [0.2, 0.25) is 0 Å². The molecule has 0 bridgehead atoms. The van der Waals surface area contributed by atoms with Gasteiger partial charge in [0.2, 0.25) is 0 Å². The summed E-state index contributed by atoms with van der Waals surface area (Å²) in [5.74, 6) is 1.35. The first-order valence-electron chi connectivity index (χ1n) is 6.93. The van der Waals surface area contributed by atoms with Crippen LogP contribution >= 0.6 is 46.0 Å². The second-order valence-corrected chi connectivity index (χ2v) is 8.75.